The summed E-state index contributed by atoms with van der Waals surface area (Å²) in [5.41, 5.74) is 0. The molecule has 1 aromatic carbocycles. The fraction of sp³-hybridized carbons (Fsp3) is 0.125. The monoisotopic (exact) mass is 168 g/mol. The Labute approximate surface area is 67.0 Å². The molecule has 0 aromatic heterocycles. The lowest BCUT2D eigenvalue weighted by Crippen LogP contribution is -2.01. The molecule has 0 aliphatic heterocycles. The highest BCUT2D eigenvalue weighted by Crippen LogP contribution is 2.07. The van der Waals surface area contributed by atoms with Crippen LogP contribution in [0.15, 0.2) is 30.3 Å². The van der Waals surface area contributed by atoms with Gasteiger partial charge in [0.2, 0.25) is 0 Å². The van der Waals surface area contributed by atoms with Crippen LogP contribution >= 0.6 is 8.58 Å². The van der Waals surface area contributed by atoms with Crippen molar-refractivity contribution in [3.63, 3.8) is 0 Å². The molecule has 0 spiro atoms. The van der Waals surface area contributed by atoms with Crippen LogP contribution in [0.3, 0.4) is 0 Å². The van der Waals surface area contributed by atoms with Crippen molar-refractivity contribution >= 4 is 19.9 Å². The number of carbonyl (C=O) groups is 1. The molecule has 58 valence electrons. The molecule has 0 saturated carbocycles. The van der Waals surface area contributed by atoms with Gasteiger partial charge in [-0.2, -0.15) is 0 Å². The van der Waals surface area contributed by atoms with E-state index in [4.69, 9.17) is 5.11 Å². The maximum Gasteiger partial charge on any atom is 0.307 e. The van der Waals surface area contributed by atoms with E-state index in [-0.39, 0.29) is 6.16 Å². The topological polar surface area (TPSA) is 37.3 Å². The van der Waals surface area contributed by atoms with Gasteiger partial charge in [-0.05, 0) is 5.30 Å². The first kappa shape index (κ1) is 8.22. The highest BCUT2D eigenvalue weighted by Gasteiger charge is 1.96. The maximum absolute atomic E-state index is 10.2. The lowest BCUT2D eigenvalue weighted by atomic mass is 10.4. The molecule has 0 amide bonds. The van der Waals surface area contributed by atoms with Crippen molar-refractivity contribution in [3.8, 4) is 0 Å². The van der Waals surface area contributed by atoms with Gasteiger partial charge in [0.25, 0.3) is 0 Å². The predicted molar refractivity (Wildman–Crippen MR) is 46.9 cm³/mol. The van der Waals surface area contributed by atoms with Crippen molar-refractivity contribution in [1.29, 1.82) is 0 Å². The number of hydrogen-bond donors (Lipinski definition) is 1. The smallest absolute Gasteiger partial charge is 0.307 e. The second-order valence-electron chi connectivity index (χ2n) is 2.11. The summed E-state index contributed by atoms with van der Waals surface area (Å²) < 4.78 is 0. The molecular formula is C8H9O2P. The van der Waals surface area contributed by atoms with E-state index < -0.39 is 5.97 Å². The van der Waals surface area contributed by atoms with Crippen LogP contribution in [0.2, 0.25) is 0 Å². The van der Waals surface area contributed by atoms with E-state index in [0.29, 0.717) is 8.58 Å². The Balaban J connectivity index is 2.45. The molecule has 2 nitrogen and oxygen atoms in total. The minimum absolute atomic E-state index is 0.240. The van der Waals surface area contributed by atoms with E-state index in [1.807, 2.05) is 30.3 Å². The zero-order chi connectivity index (χ0) is 8.10. The molecule has 0 heterocycles. The standard InChI is InChI=1S/C8H9O2P/c9-8(10)6-11-7-4-2-1-3-5-7/h1-5,11H,6H2,(H,9,10). The maximum atomic E-state index is 10.2. The summed E-state index contributed by atoms with van der Waals surface area (Å²) in [4.78, 5) is 10.2. The summed E-state index contributed by atoms with van der Waals surface area (Å²) >= 11 is 0. The molecule has 3 heteroatoms. The lowest BCUT2D eigenvalue weighted by Gasteiger charge is -1.95. The van der Waals surface area contributed by atoms with Gasteiger partial charge in [0.05, 0.1) is 6.16 Å². The van der Waals surface area contributed by atoms with Gasteiger partial charge in [0.15, 0.2) is 0 Å². The molecule has 0 aliphatic rings. The Morgan fingerprint density at radius 1 is 1.36 bits per heavy atom. The van der Waals surface area contributed by atoms with Crippen molar-refractivity contribution in [2.24, 2.45) is 0 Å². The highest BCUT2D eigenvalue weighted by molar-refractivity contribution is 7.48. The minimum Gasteiger partial charge on any atom is -0.481 e. The number of carboxylic acids is 1. The summed E-state index contributed by atoms with van der Waals surface area (Å²) in [6, 6.07) is 9.66. The van der Waals surface area contributed by atoms with E-state index in [9.17, 15) is 4.79 Å². The van der Waals surface area contributed by atoms with E-state index >= 15 is 0 Å². The second-order valence-corrected chi connectivity index (χ2v) is 3.40. The zero-order valence-electron chi connectivity index (χ0n) is 5.95. The molecule has 0 saturated heterocycles. The Bertz CT molecular complexity index is 233. The number of aliphatic carboxylic acids is 1. The Hall–Kier alpha value is -0.880. The zero-order valence-corrected chi connectivity index (χ0v) is 6.95. The van der Waals surface area contributed by atoms with Crippen molar-refractivity contribution < 1.29 is 9.90 Å². The summed E-state index contributed by atoms with van der Waals surface area (Å²) in [6.45, 7) is 0. The average Bonchev–Trinajstić information content (AvgIpc) is 2.03. The van der Waals surface area contributed by atoms with Gasteiger partial charge in [-0.15, -0.1) is 0 Å². The third-order valence-corrected chi connectivity index (χ3v) is 2.44. The molecule has 1 aromatic rings. The largest absolute Gasteiger partial charge is 0.481 e. The Kier molecular flexibility index (Phi) is 3.06. The minimum atomic E-state index is -0.729. The first-order chi connectivity index (χ1) is 5.29. The van der Waals surface area contributed by atoms with Gasteiger partial charge < -0.3 is 5.11 Å². The van der Waals surface area contributed by atoms with E-state index in [2.05, 4.69) is 0 Å². The molecule has 0 aliphatic carbocycles. The molecule has 0 radical (unpaired) electrons. The van der Waals surface area contributed by atoms with E-state index in [1.165, 1.54) is 0 Å². The summed E-state index contributed by atoms with van der Waals surface area (Å²) in [5.74, 6) is -0.729. The van der Waals surface area contributed by atoms with Gasteiger partial charge in [-0.3, -0.25) is 4.79 Å². The van der Waals surface area contributed by atoms with Gasteiger partial charge in [0.1, 0.15) is 0 Å². The third-order valence-electron chi connectivity index (χ3n) is 1.22. The molecule has 1 N–H and O–H groups in total. The molecule has 0 fully saturated rings. The van der Waals surface area contributed by atoms with Crippen molar-refractivity contribution in [3.05, 3.63) is 30.3 Å². The molecule has 1 unspecified atom stereocenters. The lowest BCUT2D eigenvalue weighted by molar-refractivity contribution is -0.133. The summed E-state index contributed by atoms with van der Waals surface area (Å²) in [5, 5.41) is 9.49. The molecule has 1 atom stereocenters. The third kappa shape index (κ3) is 3.15. The van der Waals surface area contributed by atoms with Gasteiger partial charge >= 0.3 is 5.97 Å². The van der Waals surface area contributed by atoms with Crippen LogP contribution < -0.4 is 5.30 Å². The number of rotatable bonds is 3. The van der Waals surface area contributed by atoms with Crippen LogP contribution in [-0.2, 0) is 4.79 Å². The van der Waals surface area contributed by atoms with Crippen molar-refractivity contribution in [2.75, 3.05) is 6.16 Å². The van der Waals surface area contributed by atoms with Crippen LogP contribution in [0.1, 0.15) is 0 Å². The van der Waals surface area contributed by atoms with Crippen molar-refractivity contribution in [1.82, 2.24) is 0 Å². The molecule has 1 rings (SSSR count). The molecule has 0 bridgehead atoms. The normalized spacial score (nSPS) is 10.5. The van der Waals surface area contributed by atoms with Gasteiger partial charge in [-0.25, -0.2) is 0 Å². The Morgan fingerprint density at radius 3 is 2.55 bits per heavy atom. The average molecular weight is 168 g/mol. The highest BCUT2D eigenvalue weighted by atomic mass is 31.1. The van der Waals surface area contributed by atoms with Gasteiger partial charge in [0, 0.05) is 0 Å². The van der Waals surface area contributed by atoms with Crippen LogP contribution in [0.25, 0.3) is 0 Å². The second kappa shape index (κ2) is 4.09. The van der Waals surface area contributed by atoms with Gasteiger partial charge in [-0.1, -0.05) is 38.9 Å². The van der Waals surface area contributed by atoms with Crippen LogP contribution in [-0.4, -0.2) is 17.2 Å². The Morgan fingerprint density at radius 2 is 2.00 bits per heavy atom. The SMILES string of the molecule is O=C(O)CPc1ccccc1. The number of hydrogen-bond acceptors (Lipinski definition) is 1. The first-order valence-electron chi connectivity index (χ1n) is 3.30. The predicted octanol–water partition coefficient (Wildman–Crippen LogP) is 1.07. The van der Waals surface area contributed by atoms with E-state index in [1.54, 1.807) is 0 Å². The molecule has 11 heavy (non-hydrogen) atoms. The first-order valence-corrected chi connectivity index (χ1v) is 4.50. The fourth-order valence-electron chi connectivity index (χ4n) is 0.734. The van der Waals surface area contributed by atoms with Crippen LogP contribution in [0.4, 0.5) is 0 Å². The fourth-order valence-corrected chi connectivity index (χ4v) is 1.52. The number of benzene rings is 1. The summed E-state index contributed by atoms with van der Waals surface area (Å²) in [6.07, 6.45) is 0.240. The summed E-state index contributed by atoms with van der Waals surface area (Å²) in [7, 11) is 0.385. The van der Waals surface area contributed by atoms with E-state index in [0.717, 1.165) is 5.30 Å². The van der Waals surface area contributed by atoms with Crippen LogP contribution in [0, 0.1) is 0 Å². The molecular weight excluding hydrogens is 159 g/mol. The quantitative estimate of drug-likeness (QED) is 0.685. The number of carboxylic acid groups (broad SMARTS) is 1. The van der Waals surface area contributed by atoms with Crippen LogP contribution in [0.5, 0.6) is 0 Å². The van der Waals surface area contributed by atoms with Crippen molar-refractivity contribution in [2.45, 2.75) is 0 Å².